The average molecular weight is 363 g/mol. The van der Waals surface area contributed by atoms with Crippen molar-refractivity contribution in [3.05, 3.63) is 48.0 Å². The fraction of sp³-hybridized carbons (Fsp3) is 0.421. The zero-order valence-corrected chi connectivity index (χ0v) is 15.1. The van der Waals surface area contributed by atoms with E-state index >= 15 is 0 Å². The van der Waals surface area contributed by atoms with Crippen LogP contribution in [0.5, 0.6) is 0 Å². The molecule has 142 valence electrons. The van der Waals surface area contributed by atoms with Gasteiger partial charge in [-0.05, 0) is 38.0 Å². The Bertz CT molecular complexity index is 605. The maximum atomic E-state index is 12.7. The number of rotatable bonds is 10. The van der Waals surface area contributed by atoms with E-state index in [4.69, 9.17) is 9.47 Å². The first-order chi connectivity index (χ1) is 12.4. The van der Waals surface area contributed by atoms with Crippen molar-refractivity contribution in [1.82, 2.24) is 4.90 Å². The van der Waals surface area contributed by atoms with Crippen molar-refractivity contribution >= 4 is 17.8 Å². The third-order valence-corrected chi connectivity index (χ3v) is 3.47. The third-order valence-electron chi connectivity index (χ3n) is 3.47. The average Bonchev–Trinajstić information content (AvgIpc) is 2.61. The zero-order valence-electron chi connectivity index (χ0n) is 15.1. The van der Waals surface area contributed by atoms with Crippen LogP contribution in [0, 0.1) is 0 Å². The topological polar surface area (TPSA) is 93.1 Å². The van der Waals surface area contributed by atoms with Crippen LogP contribution in [0.25, 0.3) is 0 Å². The lowest BCUT2D eigenvalue weighted by Crippen LogP contribution is -2.40. The Morgan fingerprint density at radius 1 is 1.08 bits per heavy atom. The number of amides is 1. The van der Waals surface area contributed by atoms with Gasteiger partial charge in [-0.15, -0.1) is 6.58 Å². The highest BCUT2D eigenvalue weighted by atomic mass is 16.5. The molecule has 0 saturated heterocycles. The highest BCUT2D eigenvalue weighted by Gasteiger charge is 2.23. The molecule has 0 aliphatic rings. The van der Waals surface area contributed by atoms with Gasteiger partial charge in [0.25, 0.3) is 5.91 Å². The van der Waals surface area contributed by atoms with Gasteiger partial charge in [-0.25, -0.2) is 0 Å². The molecule has 1 N–H and O–H groups in total. The van der Waals surface area contributed by atoms with Crippen LogP contribution in [0.3, 0.4) is 0 Å². The maximum Gasteiger partial charge on any atom is 0.325 e. The minimum atomic E-state index is -0.702. The van der Waals surface area contributed by atoms with E-state index in [1.807, 2.05) is 0 Å². The lowest BCUT2D eigenvalue weighted by Gasteiger charge is -2.21. The molecule has 7 heteroatoms. The lowest BCUT2D eigenvalue weighted by molar-refractivity contribution is -0.147. The molecule has 0 aliphatic carbocycles. The number of aliphatic hydroxyl groups excluding tert-OH is 1. The van der Waals surface area contributed by atoms with Crippen molar-refractivity contribution in [2.45, 2.75) is 26.4 Å². The van der Waals surface area contributed by atoms with Gasteiger partial charge in [-0.3, -0.25) is 14.4 Å². The first-order valence-electron chi connectivity index (χ1n) is 8.42. The van der Waals surface area contributed by atoms with Crippen LogP contribution in [-0.2, 0) is 19.1 Å². The Hall–Kier alpha value is -2.67. The molecule has 1 aromatic carbocycles. The Morgan fingerprint density at radius 3 is 2.00 bits per heavy atom. The summed E-state index contributed by atoms with van der Waals surface area (Å²) in [6, 6.07) is 6.31. The van der Waals surface area contributed by atoms with Crippen LogP contribution in [0.15, 0.2) is 36.9 Å². The number of nitrogens with zero attached hydrogens (tertiary/aromatic N) is 1. The summed E-state index contributed by atoms with van der Waals surface area (Å²) in [6.45, 7) is 6.53. The summed E-state index contributed by atoms with van der Waals surface area (Å²) in [4.78, 5) is 37.2. The van der Waals surface area contributed by atoms with Crippen molar-refractivity contribution < 1.29 is 29.0 Å². The van der Waals surface area contributed by atoms with Gasteiger partial charge in [-0.2, -0.15) is 0 Å². The van der Waals surface area contributed by atoms with Gasteiger partial charge in [0.15, 0.2) is 0 Å². The van der Waals surface area contributed by atoms with E-state index in [0.717, 1.165) is 4.90 Å². The smallest absolute Gasteiger partial charge is 0.325 e. The molecule has 0 radical (unpaired) electrons. The molecule has 0 heterocycles. The van der Waals surface area contributed by atoms with E-state index in [1.54, 1.807) is 32.1 Å². The second-order valence-electron chi connectivity index (χ2n) is 5.43. The van der Waals surface area contributed by atoms with Gasteiger partial charge in [0.1, 0.15) is 13.1 Å². The number of aliphatic hydroxyl groups is 1. The lowest BCUT2D eigenvalue weighted by atomic mass is 10.0. The molecule has 0 aliphatic heterocycles. The number of benzene rings is 1. The normalized spacial score (nSPS) is 11.3. The molecule has 1 atom stereocenters. The predicted octanol–water partition coefficient (Wildman–Crippen LogP) is 1.86. The molecule has 1 aromatic rings. The van der Waals surface area contributed by atoms with Crippen LogP contribution >= 0.6 is 0 Å². The van der Waals surface area contributed by atoms with Gasteiger partial charge >= 0.3 is 11.9 Å². The SMILES string of the molecule is C=CC[C@H](O)c1ccc(C(=O)N(CC(=O)OCC)CC(=O)OCC)cc1. The van der Waals surface area contributed by atoms with Gasteiger partial charge in [0.05, 0.1) is 19.3 Å². The molecule has 0 unspecified atom stereocenters. The Balaban J connectivity index is 2.93. The minimum Gasteiger partial charge on any atom is -0.465 e. The summed E-state index contributed by atoms with van der Waals surface area (Å²) in [6.07, 6.45) is 1.29. The summed E-state index contributed by atoms with van der Waals surface area (Å²) in [7, 11) is 0. The van der Waals surface area contributed by atoms with Crippen LogP contribution < -0.4 is 0 Å². The highest BCUT2D eigenvalue weighted by Crippen LogP contribution is 2.18. The fourth-order valence-corrected chi connectivity index (χ4v) is 2.25. The van der Waals surface area contributed by atoms with Crippen molar-refractivity contribution in [3.63, 3.8) is 0 Å². The molecule has 0 aromatic heterocycles. The van der Waals surface area contributed by atoms with Gasteiger partial charge < -0.3 is 19.5 Å². The molecule has 0 bridgehead atoms. The largest absolute Gasteiger partial charge is 0.465 e. The summed E-state index contributed by atoms with van der Waals surface area (Å²) in [5.41, 5.74) is 0.928. The van der Waals surface area contributed by atoms with Crippen molar-refractivity contribution in [3.8, 4) is 0 Å². The standard InChI is InChI=1S/C19H25NO6/c1-4-7-16(21)14-8-10-15(11-9-14)19(24)20(12-17(22)25-5-2)13-18(23)26-6-3/h4,8-11,16,21H,1,5-7,12-13H2,2-3H3/t16-/m0/s1. The summed E-state index contributed by atoms with van der Waals surface area (Å²) in [5, 5.41) is 9.93. The van der Waals surface area contributed by atoms with Crippen LogP contribution in [-0.4, -0.2) is 54.2 Å². The second-order valence-corrected chi connectivity index (χ2v) is 5.43. The number of hydrogen-bond acceptors (Lipinski definition) is 6. The Labute approximate surface area is 153 Å². The molecule has 1 amide bonds. The predicted molar refractivity (Wildman–Crippen MR) is 95.4 cm³/mol. The van der Waals surface area contributed by atoms with E-state index in [2.05, 4.69) is 6.58 Å². The molecular formula is C19H25NO6. The molecule has 0 saturated carbocycles. The van der Waals surface area contributed by atoms with Gasteiger partial charge in [0, 0.05) is 5.56 Å². The van der Waals surface area contributed by atoms with Gasteiger partial charge in [0.2, 0.25) is 0 Å². The van der Waals surface area contributed by atoms with Crippen molar-refractivity contribution in [2.24, 2.45) is 0 Å². The van der Waals surface area contributed by atoms with Crippen LogP contribution in [0.4, 0.5) is 0 Å². The van der Waals surface area contributed by atoms with E-state index in [-0.39, 0.29) is 31.9 Å². The summed E-state index contributed by atoms with van der Waals surface area (Å²) >= 11 is 0. The quantitative estimate of drug-likeness (QED) is 0.504. The summed E-state index contributed by atoms with van der Waals surface area (Å²) < 4.78 is 9.70. The van der Waals surface area contributed by atoms with E-state index < -0.39 is 23.9 Å². The third kappa shape index (κ3) is 6.68. The van der Waals surface area contributed by atoms with E-state index in [9.17, 15) is 19.5 Å². The molecule has 26 heavy (non-hydrogen) atoms. The van der Waals surface area contributed by atoms with E-state index in [1.165, 1.54) is 12.1 Å². The number of esters is 2. The molecule has 0 fully saturated rings. The molecular weight excluding hydrogens is 338 g/mol. The second kappa shape index (κ2) is 11.0. The summed E-state index contributed by atoms with van der Waals surface area (Å²) in [5.74, 6) is -1.72. The Morgan fingerprint density at radius 2 is 1.58 bits per heavy atom. The molecule has 1 rings (SSSR count). The number of ether oxygens (including phenoxy) is 2. The van der Waals surface area contributed by atoms with E-state index in [0.29, 0.717) is 12.0 Å². The molecule has 0 spiro atoms. The first kappa shape index (κ1) is 21.4. The Kier molecular flexibility index (Phi) is 9.08. The van der Waals surface area contributed by atoms with Crippen LogP contribution in [0.2, 0.25) is 0 Å². The minimum absolute atomic E-state index is 0.177. The van der Waals surface area contributed by atoms with Crippen molar-refractivity contribution in [1.29, 1.82) is 0 Å². The number of carbonyl (C=O) groups is 3. The van der Waals surface area contributed by atoms with Crippen molar-refractivity contribution in [2.75, 3.05) is 26.3 Å². The van der Waals surface area contributed by atoms with Crippen LogP contribution in [0.1, 0.15) is 42.3 Å². The zero-order chi connectivity index (χ0) is 19.5. The number of hydrogen-bond donors (Lipinski definition) is 1. The molecule has 7 nitrogen and oxygen atoms in total. The fourth-order valence-electron chi connectivity index (χ4n) is 2.25. The highest BCUT2D eigenvalue weighted by molar-refractivity contribution is 5.97. The number of carbonyl (C=O) groups excluding carboxylic acids is 3. The first-order valence-corrected chi connectivity index (χ1v) is 8.42. The van der Waals surface area contributed by atoms with Gasteiger partial charge in [-0.1, -0.05) is 18.2 Å². The maximum absolute atomic E-state index is 12.7. The monoisotopic (exact) mass is 363 g/mol.